The smallest absolute Gasteiger partial charge is 0.314 e. The van der Waals surface area contributed by atoms with Gasteiger partial charge < -0.3 is 5.32 Å². The third kappa shape index (κ3) is 2.55. The molecule has 1 atom stereocenters. The fraction of sp³-hybridized carbons (Fsp3) is 0.533. The average molecular weight is 286 g/mol. The lowest BCUT2D eigenvalue weighted by Gasteiger charge is -2.21. The Morgan fingerprint density at radius 3 is 2.55 bits per heavy atom. The molecule has 1 saturated carbocycles. The van der Waals surface area contributed by atoms with E-state index in [1.54, 1.807) is 0 Å². The minimum Gasteiger partial charge on any atom is -0.314 e. The summed E-state index contributed by atoms with van der Waals surface area (Å²) in [5, 5.41) is 3.33. The van der Waals surface area contributed by atoms with E-state index in [0.29, 0.717) is 5.56 Å². The molecule has 1 aliphatic carbocycles. The lowest BCUT2D eigenvalue weighted by Crippen LogP contribution is -2.28. The molecule has 0 amide bonds. The van der Waals surface area contributed by atoms with Crippen molar-refractivity contribution in [2.24, 2.45) is 0 Å². The predicted molar refractivity (Wildman–Crippen MR) is 67.6 cm³/mol. The Morgan fingerprint density at radius 1 is 1.25 bits per heavy atom. The van der Waals surface area contributed by atoms with Gasteiger partial charge in [-0.25, -0.2) is 4.39 Å². The van der Waals surface area contributed by atoms with E-state index in [9.17, 15) is 17.6 Å². The van der Waals surface area contributed by atoms with Crippen LogP contribution in [0.5, 0.6) is 0 Å². The molecule has 0 unspecified atom stereocenters. The SMILES string of the molecule is Fc1ccc(C2([CH][C@@H]3CCCN3)CC2)cc1C(F)(F)F. The maximum atomic E-state index is 13.3. The predicted octanol–water partition coefficient (Wildman–Crippen LogP) is 3.83. The van der Waals surface area contributed by atoms with Crippen LogP contribution in [0.15, 0.2) is 18.2 Å². The van der Waals surface area contributed by atoms with Gasteiger partial charge in [0.15, 0.2) is 0 Å². The summed E-state index contributed by atoms with van der Waals surface area (Å²) in [5.74, 6) is -1.20. The summed E-state index contributed by atoms with van der Waals surface area (Å²) < 4.78 is 51.7. The molecule has 1 nitrogen and oxygen atoms in total. The first-order chi connectivity index (χ1) is 9.41. The maximum Gasteiger partial charge on any atom is 0.419 e. The number of halogens is 4. The zero-order chi connectivity index (χ0) is 14.4. The minimum absolute atomic E-state index is 0.261. The zero-order valence-corrected chi connectivity index (χ0v) is 10.9. The van der Waals surface area contributed by atoms with E-state index >= 15 is 0 Å². The van der Waals surface area contributed by atoms with Crippen molar-refractivity contribution >= 4 is 0 Å². The Labute approximate surface area is 115 Å². The van der Waals surface area contributed by atoms with Crippen molar-refractivity contribution in [1.82, 2.24) is 5.32 Å². The first-order valence-electron chi connectivity index (χ1n) is 6.87. The highest BCUT2D eigenvalue weighted by atomic mass is 19.4. The standard InChI is InChI=1S/C15H16F4N/c16-13-4-3-10(8-12(13)15(17,18)19)14(5-6-14)9-11-2-1-7-20-11/h3-4,8-9,11,20H,1-2,5-7H2/t11-/m0/s1. The Morgan fingerprint density at radius 2 is 2.00 bits per heavy atom. The van der Waals surface area contributed by atoms with Crippen molar-refractivity contribution in [3.8, 4) is 0 Å². The highest BCUT2D eigenvalue weighted by molar-refractivity contribution is 5.40. The number of hydrogen-bond donors (Lipinski definition) is 1. The highest BCUT2D eigenvalue weighted by Gasteiger charge is 2.47. The third-order valence-electron chi connectivity index (χ3n) is 4.25. The van der Waals surface area contributed by atoms with Crippen LogP contribution < -0.4 is 5.32 Å². The van der Waals surface area contributed by atoms with Crippen molar-refractivity contribution < 1.29 is 17.6 Å². The summed E-state index contributed by atoms with van der Waals surface area (Å²) in [7, 11) is 0. The summed E-state index contributed by atoms with van der Waals surface area (Å²) in [4.78, 5) is 0. The molecule has 2 fully saturated rings. The number of nitrogens with one attached hydrogen (secondary N) is 1. The van der Waals surface area contributed by atoms with Gasteiger partial charge in [-0.15, -0.1) is 0 Å². The Balaban J connectivity index is 1.86. The van der Waals surface area contributed by atoms with Crippen LogP contribution in [-0.2, 0) is 11.6 Å². The molecular formula is C15H16F4N. The van der Waals surface area contributed by atoms with E-state index in [-0.39, 0.29) is 11.5 Å². The number of benzene rings is 1. The first kappa shape index (κ1) is 13.9. The highest BCUT2D eigenvalue weighted by Crippen LogP contribution is 2.52. The van der Waals surface area contributed by atoms with Crippen molar-refractivity contribution in [3.05, 3.63) is 41.6 Å². The van der Waals surface area contributed by atoms with Gasteiger partial charge >= 0.3 is 6.18 Å². The molecule has 0 aromatic heterocycles. The second-order valence-corrected chi connectivity index (χ2v) is 5.72. The number of alkyl halides is 3. The summed E-state index contributed by atoms with van der Waals surface area (Å²) in [6.45, 7) is 0.953. The van der Waals surface area contributed by atoms with Crippen LogP contribution in [0.1, 0.15) is 36.8 Å². The zero-order valence-electron chi connectivity index (χ0n) is 10.9. The van der Waals surface area contributed by atoms with Crippen LogP contribution in [0.2, 0.25) is 0 Å². The van der Waals surface area contributed by atoms with Crippen LogP contribution >= 0.6 is 0 Å². The Bertz CT molecular complexity index is 499. The van der Waals surface area contributed by atoms with Crippen LogP contribution in [0.3, 0.4) is 0 Å². The van der Waals surface area contributed by atoms with E-state index in [1.807, 2.05) is 0 Å². The Kier molecular flexibility index (Phi) is 3.27. The molecule has 3 rings (SSSR count). The van der Waals surface area contributed by atoms with E-state index < -0.39 is 17.6 Å². The minimum atomic E-state index is -4.64. The lowest BCUT2D eigenvalue weighted by atomic mass is 9.87. The van der Waals surface area contributed by atoms with Crippen LogP contribution in [0, 0.1) is 12.2 Å². The van der Waals surface area contributed by atoms with E-state index in [4.69, 9.17) is 0 Å². The molecule has 1 heterocycles. The third-order valence-corrected chi connectivity index (χ3v) is 4.25. The summed E-state index contributed by atoms with van der Waals surface area (Å²) in [6.07, 6.45) is 1.28. The van der Waals surface area contributed by atoms with Gasteiger partial charge in [0.2, 0.25) is 0 Å². The fourth-order valence-corrected chi connectivity index (χ4v) is 2.98. The molecule has 1 radical (unpaired) electrons. The van der Waals surface area contributed by atoms with Crippen molar-refractivity contribution in [2.45, 2.75) is 43.3 Å². The molecule has 1 aromatic carbocycles. The van der Waals surface area contributed by atoms with Gasteiger partial charge in [-0.1, -0.05) is 6.07 Å². The van der Waals surface area contributed by atoms with Crippen molar-refractivity contribution in [2.75, 3.05) is 6.54 Å². The van der Waals surface area contributed by atoms with Crippen LogP contribution in [-0.4, -0.2) is 12.6 Å². The second-order valence-electron chi connectivity index (χ2n) is 5.72. The molecule has 20 heavy (non-hydrogen) atoms. The largest absolute Gasteiger partial charge is 0.419 e. The molecule has 109 valence electrons. The summed E-state index contributed by atoms with van der Waals surface area (Å²) in [6, 6.07) is 3.67. The lowest BCUT2D eigenvalue weighted by molar-refractivity contribution is -0.140. The van der Waals surface area contributed by atoms with Crippen LogP contribution in [0.25, 0.3) is 0 Å². The molecule has 2 aliphatic rings. The molecule has 1 N–H and O–H groups in total. The van der Waals surface area contributed by atoms with Gasteiger partial charge in [0, 0.05) is 11.5 Å². The molecule has 5 heteroatoms. The van der Waals surface area contributed by atoms with Crippen LogP contribution in [0.4, 0.5) is 17.6 Å². The summed E-state index contributed by atoms with van der Waals surface area (Å²) in [5.41, 5.74) is -0.871. The molecule has 0 bridgehead atoms. The fourth-order valence-electron chi connectivity index (χ4n) is 2.98. The summed E-state index contributed by atoms with van der Waals surface area (Å²) >= 11 is 0. The quantitative estimate of drug-likeness (QED) is 0.833. The van der Waals surface area contributed by atoms with Gasteiger partial charge in [0.25, 0.3) is 0 Å². The molecule has 1 saturated heterocycles. The topological polar surface area (TPSA) is 12.0 Å². The van der Waals surface area contributed by atoms with Gasteiger partial charge in [0.1, 0.15) is 5.82 Å². The van der Waals surface area contributed by atoms with Crippen molar-refractivity contribution in [3.63, 3.8) is 0 Å². The van der Waals surface area contributed by atoms with E-state index in [1.165, 1.54) is 6.07 Å². The monoisotopic (exact) mass is 286 g/mol. The van der Waals surface area contributed by atoms with E-state index in [0.717, 1.165) is 44.4 Å². The van der Waals surface area contributed by atoms with Gasteiger partial charge in [-0.05, 0) is 56.3 Å². The van der Waals surface area contributed by atoms with Crippen molar-refractivity contribution in [1.29, 1.82) is 0 Å². The molecule has 1 aromatic rings. The van der Waals surface area contributed by atoms with Gasteiger partial charge in [0.05, 0.1) is 5.56 Å². The normalized spacial score (nSPS) is 24.9. The maximum absolute atomic E-state index is 13.3. The second kappa shape index (κ2) is 4.72. The van der Waals surface area contributed by atoms with Gasteiger partial charge in [-0.2, -0.15) is 13.2 Å². The molecular weight excluding hydrogens is 270 g/mol. The average Bonchev–Trinajstić information content (AvgIpc) is 2.96. The molecule has 1 aliphatic heterocycles. The Hall–Kier alpha value is -1.10. The molecule has 0 spiro atoms. The van der Waals surface area contributed by atoms with Gasteiger partial charge in [-0.3, -0.25) is 0 Å². The number of rotatable bonds is 3. The first-order valence-corrected chi connectivity index (χ1v) is 6.87. The number of hydrogen-bond acceptors (Lipinski definition) is 1. The van der Waals surface area contributed by atoms with E-state index in [2.05, 4.69) is 11.7 Å².